The molecule has 2 unspecified atom stereocenters. The van der Waals surface area contributed by atoms with Gasteiger partial charge < -0.3 is 10.0 Å². The van der Waals surface area contributed by atoms with Crippen LogP contribution in [0.4, 0.5) is 5.69 Å². The molecule has 24 heavy (non-hydrogen) atoms. The molecular formula is C16H22N2O5S. The summed E-state index contributed by atoms with van der Waals surface area (Å²) in [5.41, 5.74) is 1.54. The highest BCUT2D eigenvalue weighted by Crippen LogP contribution is 2.34. The summed E-state index contributed by atoms with van der Waals surface area (Å²) in [6, 6.07) is 4.66. The molecule has 132 valence electrons. The number of benzene rings is 1. The third-order valence-electron chi connectivity index (χ3n) is 4.27. The zero-order valence-electron chi connectivity index (χ0n) is 14.2. The molecule has 1 heterocycles. The van der Waals surface area contributed by atoms with Crippen molar-refractivity contribution >= 4 is 27.6 Å². The van der Waals surface area contributed by atoms with E-state index in [4.69, 9.17) is 5.11 Å². The maximum atomic E-state index is 12.6. The highest BCUT2D eigenvalue weighted by Gasteiger charge is 2.31. The molecular weight excluding hydrogens is 332 g/mol. The Balaban J connectivity index is 2.32. The van der Waals surface area contributed by atoms with Gasteiger partial charge in [-0.3, -0.25) is 9.59 Å². The first-order chi connectivity index (χ1) is 11.1. The number of nitrogens with zero attached hydrogens (tertiary/aromatic N) is 2. The number of carbonyl (C=O) groups is 2. The maximum Gasteiger partial charge on any atom is 0.307 e. The Labute approximate surface area is 141 Å². The molecule has 2 atom stereocenters. The Morgan fingerprint density at radius 1 is 1.42 bits per heavy atom. The summed E-state index contributed by atoms with van der Waals surface area (Å²) in [6.45, 7) is 4.75. The smallest absolute Gasteiger partial charge is 0.307 e. The molecule has 1 N–H and O–H groups in total. The van der Waals surface area contributed by atoms with Crippen LogP contribution in [-0.4, -0.2) is 49.3 Å². The second kappa shape index (κ2) is 6.52. The molecule has 1 aromatic carbocycles. The number of carbonyl (C=O) groups excluding carboxylic acids is 1. The van der Waals surface area contributed by atoms with Crippen LogP contribution in [0.3, 0.4) is 0 Å². The van der Waals surface area contributed by atoms with Gasteiger partial charge in [-0.1, -0.05) is 6.92 Å². The fraction of sp³-hybridized carbons (Fsp3) is 0.500. The topological polar surface area (TPSA) is 95.0 Å². The first-order valence-electron chi connectivity index (χ1n) is 7.67. The molecule has 0 spiro atoms. The zero-order valence-corrected chi connectivity index (χ0v) is 15.0. The van der Waals surface area contributed by atoms with Crippen molar-refractivity contribution in [1.29, 1.82) is 0 Å². The summed E-state index contributed by atoms with van der Waals surface area (Å²) in [4.78, 5) is 24.4. The van der Waals surface area contributed by atoms with Gasteiger partial charge in [-0.2, -0.15) is 0 Å². The standard InChI is InChI=1S/C16H22N2O5S/c1-10(16(20)21)9-17(4)24(22,23)14-5-6-15-13(8-14)7-11(2)18(15)12(3)19/h5-6,8,10-11H,7,9H2,1-4H3,(H,20,21). The Bertz CT molecular complexity index is 775. The van der Waals surface area contributed by atoms with Gasteiger partial charge in [0.1, 0.15) is 0 Å². The van der Waals surface area contributed by atoms with Crippen LogP contribution in [0.25, 0.3) is 0 Å². The van der Waals surface area contributed by atoms with E-state index in [2.05, 4.69) is 0 Å². The van der Waals surface area contributed by atoms with Gasteiger partial charge in [-0.05, 0) is 37.1 Å². The lowest BCUT2D eigenvalue weighted by Crippen LogP contribution is -2.34. The number of rotatable bonds is 5. The molecule has 2 rings (SSSR count). The summed E-state index contributed by atoms with van der Waals surface area (Å²) in [5, 5.41) is 8.95. The normalized spacial score (nSPS) is 18.5. The minimum atomic E-state index is -3.78. The van der Waals surface area contributed by atoms with Gasteiger partial charge >= 0.3 is 5.97 Å². The number of amides is 1. The van der Waals surface area contributed by atoms with Crippen molar-refractivity contribution in [3.05, 3.63) is 23.8 Å². The van der Waals surface area contributed by atoms with Crippen molar-refractivity contribution in [1.82, 2.24) is 4.31 Å². The molecule has 0 bridgehead atoms. The SMILES string of the molecule is CC(=O)N1c2ccc(S(=O)(=O)N(C)CC(C)C(=O)O)cc2CC1C. The van der Waals surface area contributed by atoms with E-state index in [9.17, 15) is 18.0 Å². The van der Waals surface area contributed by atoms with E-state index in [1.165, 1.54) is 27.0 Å². The van der Waals surface area contributed by atoms with Crippen LogP contribution >= 0.6 is 0 Å². The highest BCUT2D eigenvalue weighted by atomic mass is 32.2. The molecule has 0 saturated heterocycles. The molecule has 0 saturated carbocycles. The molecule has 0 radical (unpaired) electrons. The van der Waals surface area contributed by atoms with Crippen molar-refractivity contribution in [2.75, 3.05) is 18.5 Å². The predicted molar refractivity (Wildman–Crippen MR) is 89.4 cm³/mol. The first-order valence-corrected chi connectivity index (χ1v) is 9.11. The molecule has 1 aromatic rings. The molecule has 0 fully saturated rings. The average Bonchev–Trinajstić information content (AvgIpc) is 2.81. The number of carboxylic acid groups (broad SMARTS) is 1. The number of anilines is 1. The van der Waals surface area contributed by atoms with E-state index >= 15 is 0 Å². The summed E-state index contributed by atoms with van der Waals surface area (Å²) in [5.74, 6) is -1.92. The average molecular weight is 354 g/mol. The van der Waals surface area contributed by atoms with Gasteiger partial charge in [-0.25, -0.2) is 12.7 Å². The third kappa shape index (κ3) is 3.29. The molecule has 0 aromatic heterocycles. The number of sulfonamides is 1. The van der Waals surface area contributed by atoms with Crippen LogP contribution in [0.2, 0.25) is 0 Å². The minimum absolute atomic E-state index is 0.0137. The largest absolute Gasteiger partial charge is 0.481 e. The lowest BCUT2D eigenvalue weighted by Gasteiger charge is -2.21. The van der Waals surface area contributed by atoms with Crippen LogP contribution in [-0.2, 0) is 26.0 Å². The van der Waals surface area contributed by atoms with E-state index in [1.54, 1.807) is 17.0 Å². The van der Waals surface area contributed by atoms with E-state index in [1.807, 2.05) is 6.92 Å². The van der Waals surface area contributed by atoms with Gasteiger partial charge in [0.15, 0.2) is 0 Å². The van der Waals surface area contributed by atoms with Crippen molar-refractivity contribution in [2.45, 2.75) is 38.1 Å². The predicted octanol–water partition coefficient (Wildman–Crippen LogP) is 1.33. The molecule has 1 amide bonds. The van der Waals surface area contributed by atoms with Crippen LogP contribution in [0, 0.1) is 5.92 Å². The summed E-state index contributed by atoms with van der Waals surface area (Å²) in [6.07, 6.45) is 0.591. The van der Waals surface area contributed by atoms with Crippen molar-refractivity contribution in [3.63, 3.8) is 0 Å². The van der Waals surface area contributed by atoms with Crippen LogP contribution in [0.1, 0.15) is 26.3 Å². The van der Waals surface area contributed by atoms with E-state index < -0.39 is 21.9 Å². The molecule has 1 aliphatic rings. The minimum Gasteiger partial charge on any atom is -0.481 e. The lowest BCUT2D eigenvalue weighted by molar-refractivity contribution is -0.141. The zero-order chi connectivity index (χ0) is 18.2. The molecule has 0 aliphatic carbocycles. The Morgan fingerprint density at radius 3 is 2.58 bits per heavy atom. The number of aliphatic carboxylic acids is 1. The van der Waals surface area contributed by atoms with Crippen molar-refractivity contribution in [2.24, 2.45) is 5.92 Å². The highest BCUT2D eigenvalue weighted by molar-refractivity contribution is 7.89. The molecule has 1 aliphatic heterocycles. The fourth-order valence-corrected chi connectivity index (χ4v) is 4.30. The molecule has 8 heteroatoms. The number of carboxylic acids is 1. The monoisotopic (exact) mass is 354 g/mol. The fourth-order valence-electron chi connectivity index (χ4n) is 2.99. The second-order valence-corrected chi connectivity index (χ2v) is 8.30. The summed E-state index contributed by atoms with van der Waals surface area (Å²) in [7, 11) is -2.41. The Kier molecular flexibility index (Phi) is 5.00. The number of fused-ring (bicyclic) bond motifs is 1. The van der Waals surface area contributed by atoms with Gasteiger partial charge in [0.05, 0.1) is 10.8 Å². The Hall–Kier alpha value is -1.93. The van der Waals surface area contributed by atoms with E-state index in [-0.39, 0.29) is 23.4 Å². The van der Waals surface area contributed by atoms with Crippen LogP contribution in [0.15, 0.2) is 23.1 Å². The second-order valence-electron chi connectivity index (χ2n) is 6.26. The van der Waals surface area contributed by atoms with Gasteiger partial charge in [0.2, 0.25) is 15.9 Å². The van der Waals surface area contributed by atoms with Crippen LogP contribution in [0.5, 0.6) is 0 Å². The van der Waals surface area contributed by atoms with Gasteiger partial charge in [0, 0.05) is 32.2 Å². The lowest BCUT2D eigenvalue weighted by atomic mass is 10.1. The number of hydrogen-bond donors (Lipinski definition) is 1. The maximum absolute atomic E-state index is 12.6. The Morgan fingerprint density at radius 2 is 2.04 bits per heavy atom. The van der Waals surface area contributed by atoms with E-state index in [0.717, 1.165) is 15.6 Å². The first kappa shape index (κ1) is 18.4. The van der Waals surface area contributed by atoms with E-state index in [0.29, 0.717) is 6.42 Å². The van der Waals surface area contributed by atoms with Gasteiger partial charge in [-0.15, -0.1) is 0 Å². The quantitative estimate of drug-likeness (QED) is 0.861. The number of hydrogen-bond acceptors (Lipinski definition) is 4. The van der Waals surface area contributed by atoms with Gasteiger partial charge in [0.25, 0.3) is 0 Å². The van der Waals surface area contributed by atoms with Crippen LogP contribution < -0.4 is 4.90 Å². The van der Waals surface area contributed by atoms with Crippen molar-refractivity contribution < 1.29 is 23.1 Å². The van der Waals surface area contributed by atoms with Crippen molar-refractivity contribution in [3.8, 4) is 0 Å². The summed E-state index contributed by atoms with van der Waals surface area (Å²) >= 11 is 0. The summed E-state index contributed by atoms with van der Waals surface area (Å²) < 4.78 is 26.3. The third-order valence-corrected chi connectivity index (χ3v) is 6.09. The molecule has 7 nitrogen and oxygen atoms in total.